The van der Waals surface area contributed by atoms with Gasteiger partial charge in [0.1, 0.15) is 12.4 Å². The predicted octanol–water partition coefficient (Wildman–Crippen LogP) is 4.34. The number of fused-ring (bicyclic) bond motifs is 1. The number of nitrogens with zero attached hydrogens (tertiary/aromatic N) is 3. The van der Waals surface area contributed by atoms with Crippen LogP contribution in [0.25, 0.3) is 21.8 Å². The van der Waals surface area contributed by atoms with Crippen molar-refractivity contribution in [3.8, 4) is 0 Å². The Balaban J connectivity index is 1.30. The molecule has 1 atom stereocenters. The molecule has 0 unspecified atom stereocenters. The molecule has 1 saturated heterocycles. The molecule has 0 bridgehead atoms. The Morgan fingerprint density at radius 3 is 2.64 bits per heavy atom. The Labute approximate surface area is 209 Å². The van der Waals surface area contributed by atoms with Gasteiger partial charge in [-0.05, 0) is 66.0 Å². The third kappa shape index (κ3) is 3.56. The van der Waals surface area contributed by atoms with Crippen molar-refractivity contribution in [3.05, 3.63) is 81.5 Å². The number of aryl methyl sites for hydroxylation is 1. The lowest BCUT2D eigenvalue weighted by Gasteiger charge is -2.37. The van der Waals surface area contributed by atoms with Crippen LogP contribution in [-0.4, -0.2) is 40.1 Å². The number of rotatable bonds is 5. The van der Waals surface area contributed by atoms with Gasteiger partial charge in [-0.3, -0.25) is 18.8 Å². The monoisotopic (exact) mass is 486 g/mol. The second kappa shape index (κ2) is 8.89. The number of amides is 1. The Morgan fingerprint density at radius 1 is 1.08 bits per heavy atom. The average molecular weight is 487 g/mol. The van der Waals surface area contributed by atoms with E-state index in [1.54, 1.807) is 17.7 Å². The van der Waals surface area contributed by atoms with E-state index in [4.69, 9.17) is 0 Å². The smallest absolute Gasteiger partial charge is 0.329 e. The Kier molecular flexibility index (Phi) is 5.67. The minimum atomic E-state index is -0.183. The topological polar surface area (TPSA) is 59.3 Å². The number of nitrogens with one attached hydrogen (secondary N) is 1. The third-order valence-corrected chi connectivity index (χ3v) is 8.20. The van der Waals surface area contributed by atoms with Crippen molar-refractivity contribution in [2.75, 3.05) is 20.1 Å². The van der Waals surface area contributed by atoms with E-state index in [2.05, 4.69) is 29.3 Å². The zero-order chi connectivity index (χ0) is 25.0. The average Bonchev–Trinajstić information content (AvgIpc) is 3.42. The van der Waals surface area contributed by atoms with Crippen LogP contribution in [0.3, 0.4) is 0 Å². The highest BCUT2D eigenvalue weighted by molar-refractivity contribution is 5.92. The number of imidazole rings is 1. The minimum absolute atomic E-state index is 0.0179. The summed E-state index contributed by atoms with van der Waals surface area (Å²) in [5.74, 6) is -0.342. The number of hydrogen-bond acceptors (Lipinski definition) is 3. The quantitative estimate of drug-likeness (QED) is 0.457. The molecule has 7 heteroatoms. The number of carbonyl (C=O) groups is 1. The van der Waals surface area contributed by atoms with Crippen molar-refractivity contribution in [3.63, 3.8) is 0 Å². The van der Waals surface area contributed by atoms with Gasteiger partial charge in [0, 0.05) is 37.6 Å². The zero-order valence-electron chi connectivity index (χ0n) is 20.8. The summed E-state index contributed by atoms with van der Waals surface area (Å²) < 4.78 is 18.0. The summed E-state index contributed by atoms with van der Waals surface area (Å²) in [7, 11) is 1.59. The van der Waals surface area contributed by atoms with Crippen LogP contribution in [0.1, 0.15) is 48.5 Å². The van der Waals surface area contributed by atoms with Crippen LogP contribution in [0.4, 0.5) is 4.39 Å². The van der Waals surface area contributed by atoms with Crippen LogP contribution in [0.15, 0.2) is 53.3 Å². The van der Waals surface area contributed by atoms with E-state index in [0.717, 1.165) is 55.2 Å². The number of aromatic nitrogens is 2. The molecule has 0 saturated carbocycles. The van der Waals surface area contributed by atoms with Gasteiger partial charge in [0.2, 0.25) is 5.91 Å². The van der Waals surface area contributed by atoms with Crippen molar-refractivity contribution in [1.29, 1.82) is 0 Å². The molecule has 6 nitrogen and oxygen atoms in total. The van der Waals surface area contributed by atoms with E-state index in [0.29, 0.717) is 5.39 Å². The van der Waals surface area contributed by atoms with Crippen molar-refractivity contribution in [2.24, 2.45) is 0 Å². The lowest BCUT2D eigenvalue weighted by atomic mass is 9.99. The number of benzene rings is 3. The van der Waals surface area contributed by atoms with Crippen molar-refractivity contribution < 1.29 is 9.18 Å². The summed E-state index contributed by atoms with van der Waals surface area (Å²) in [5.41, 5.74) is 5.21. The van der Waals surface area contributed by atoms with Crippen LogP contribution in [0.5, 0.6) is 0 Å². The van der Waals surface area contributed by atoms with E-state index >= 15 is 0 Å². The number of carbonyl (C=O) groups excluding carboxylic acids is 1. The molecule has 1 aromatic heterocycles. The fourth-order valence-electron chi connectivity index (χ4n) is 6.30. The number of hydrogen-bond donors (Lipinski definition) is 1. The van der Waals surface area contributed by atoms with Crippen LogP contribution in [0, 0.1) is 5.82 Å². The normalized spacial score (nSPS) is 18.4. The van der Waals surface area contributed by atoms with Crippen molar-refractivity contribution in [2.45, 2.75) is 51.2 Å². The zero-order valence-corrected chi connectivity index (χ0v) is 20.8. The summed E-state index contributed by atoms with van der Waals surface area (Å²) >= 11 is 0. The first kappa shape index (κ1) is 23.0. The lowest BCUT2D eigenvalue weighted by molar-refractivity contribution is -0.121. The molecule has 0 spiro atoms. The summed E-state index contributed by atoms with van der Waals surface area (Å²) in [6.07, 6.45) is 3.49. The van der Waals surface area contributed by atoms with Gasteiger partial charge in [0.05, 0.1) is 11.0 Å². The van der Waals surface area contributed by atoms with Gasteiger partial charge >= 0.3 is 5.69 Å². The van der Waals surface area contributed by atoms with Crippen LogP contribution in [0.2, 0.25) is 0 Å². The number of likely N-dealkylation sites (N-methyl/N-ethyl adjacent to an activating group) is 1. The summed E-state index contributed by atoms with van der Waals surface area (Å²) in [5, 5.41) is 4.42. The van der Waals surface area contributed by atoms with E-state index in [9.17, 15) is 14.0 Å². The van der Waals surface area contributed by atoms with Crippen LogP contribution >= 0.6 is 0 Å². The molecule has 6 rings (SSSR count). The maximum atomic E-state index is 14.4. The van der Waals surface area contributed by atoms with E-state index in [1.165, 1.54) is 16.7 Å². The van der Waals surface area contributed by atoms with Gasteiger partial charge in [0.25, 0.3) is 0 Å². The third-order valence-electron chi connectivity index (χ3n) is 8.20. The number of likely N-dealkylation sites (tertiary alicyclic amines) is 1. The first-order valence-corrected chi connectivity index (χ1v) is 12.9. The van der Waals surface area contributed by atoms with Gasteiger partial charge in [-0.15, -0.1) is 0 Å². The molecule has 1 aliphatic heterocycles. The number of halogens is 1. The molecule has 2 aliphatic rings. The molecule has 0 radical (unpaired) electrons. The first-order valence-electron chi connectivity index (χ1n) is 12.9. The molecule has 1 N–H and O–H groups in total. The largest absolute Gasteiger partial charge is 0.358 e. The maximum absolute atomic E-state index is 14.4. The number of piperidine rings is 1. The Bertz CT molecular complexity index is 1540. The molecule has 186 valence electrons. The molecule has 1 fully saturated rings. The van der Waals surface area contributed by atoms with E-state index in [-0.39, 0.29) is 36.0 Å². The lowest BCUT2D eigenvalue weighted by Crippen LogP contribution is -2.40. The maximum Gasteiger partial charge on any atom is 0.329 e. The predicted molar refractivity (Wildman–Crippen MR) is 140 cm³/mol. The highest BCUT2D eigenvalue weighted by Gasteiger charge is 2.33. The molecule has 2 heterocycles. The second-order valence-corrected chi connectivity index (χ2v) is 10.1. The molecule has 3 aromatic carbocycles. The van der Waals surface area contributed by atoms with Crippen LogP contribution in [-0.2, 0) is 24.2 Å². The summed E-state index contributed by atoms with van der Waals surface area (Å²) in [6.45, 7) is 3.86. The second-order valence-electron chi connectivity index (χ2n) is 10.1. The van der Waals surface area contributed by atoms with Crippen molar-refractivity contribution >= 4 is 27.7 Å². The molecule has 4 aromatic rings. The molecular formula is C29H31FN4O2. The van der Waals surface area contributed by atoms with Gasteiger partial charge in [-0.25, -0.2) is 9.18 Å². The van der Waals surface area contributed by atoms with Gasteiger partial charge < -0.3 is 5.32 Å². The van der Waals surface area contributed by atoms with Crippen molar-refractivity contribution in [1.82, 2.24) is 19.4 Å². The van der Waals surface area contributed by atoms with Gasteiger partial charge in [-0.1, -0.05) is 37.3 Å². The Morgan fingerprint density at radius 2 is 1.89 bits per heavy atom. The van der Waals surface area contributed by atoms with Gasteiger partial charge in [0.15, 0.2) is 0 Å². The standard InChI is InChI=1S/C29H31FN4O2/c1-3-18-7-10-24-26(15-18)34(29(36)33(24)17-27(35)31-2)20-11-13-32(14-12-20)25-16-19-8-9-23(30)21-5-4-6-22(25)28(19)21/h4-10,15,20,25H,3,11-14,16-17H2,1-2H3,(H,31,35)/t25-/m1/s1. The fourth-order valence-corrected chi connectivity index (χ4v) is 6.30. The first-order chi connectivity index (χ1) is 17.5. The molecular weight excluding hydrogens is 455 g/mol. The Hall–Kier alpha value is -3.45. The summed E-state index contributed by atoms with van der Waals surface area (Å²) in [4.78, 5) is 28.2. The summed E-state index contributed by atoms with van der Waals surface area (Å²) in [6, 6.07) is 15.9. The van der Waals surface area contributed by atoms with E-state index < -0.39 is 0 Å². The van der Waals surface area contributed by atoms with Crippen LogP contribution < -0.4 is 11.0 Å². The molecule has 1 amide bonds. The highest BCUT2D eigenvalue weighted by atomic mass is 19.1. The molecule has 1 aliphatic carbocycles. The molecule has 36 heavy (non-hydrogen) atoms. The highest BCUT2D eigenvalue weighted by Crippen LogP contribution is 2.42. The fraction of sp³-hybridized carbons (Fsp3) is 0.379. The SMILES string of the molecule is CCc1ccc2c(c1)n(C1CCN([C@@H]3Cc4ccc(F)c5cccc3c45)CC1)c(=O)n2CC(=O)NC. The van der Waals surface area contributed by atoms with E-state index in [1.807, 2.05) is 34.9 Å². The van der Waals surface area contributed by atoms with Gasteiger partial charge in [-0.2, -0.15) is 0 Å². The minimum Gasteiger partial charge on any atom is -0.358 e.